The molecule has 0 radical (unpaired) electrons. The Balaban J connectivity index is 1.41. The lowest BCUT2D eigenvalue weighted by Crippen LogP contribution is -2.47. The Hall–Kier alpha value is -3.32. The molecule has 146 valence electrons. The molecule has 29 heavy (non-hydrogen) atoms. The number of piperazine rings is 1. The van der Waals surface area contributed by atoms with Crippen LogP contribution in [0.15, 0.2) is 61.2 Å². The Bertz CT molecular complexity index is 1160. The molecule has 0 amide bonds. The molecule has 2 aromatic heterocycles. The van der Waals surface area contributed by atoms with E-state index in [1.165, 1.54) is 0 Å². The summed E-state index contributed by atoms with van der Waals surface area (Å²) in [5.74, 6) is 1.42. The maximum absolute atomic E-state index is 6.52. The number of halogens is 1. The summed E-state index contributed by atoms with van der Waals surface area (Å²) in [6.45, 7) is 3.37. The largest absolute Gasteiger partial charge is 0.393 e. The predicted molar refractivity (Wildman–Crippen MR) is 117 cm³/mol. The zero-order chi connectivity index (χ0) is 19.8. The molecule has 1 aliphatic rings. The smallest absolute Gasteiger partial charge is 0.167 e. The Labute approximate surface area is 173 Å². The molecule has 0 atom stereocenters. The van der Waals surface area contributed by atoms with Gasteiger partial charge in [0.1, 0.15) is 18.3 Å². The number of nitrogens with two attached hydrogens (primary N) is 1. The van der Waals surface area contributed by atoms with Gasteiger partial charge in [-0.05, 0) is 30.3 Å². The highest BCUT2D eigenvalue weighted by molar-refractivity contribution is 6.30. The molecule has 2 N–H and O–H groups in total. The van der Waals surface area contributed by atoms with Crippen LogP contribution >= 0.6 is 11.6 Å². The van der Waals surface area contributed by atoms with Crippen LogP contribution in [0.25, 0.3) is 16.9 Å². The van der Waals surface area contributed by atoms with Crippen LogP contribution in [0.5, 0.6) is 0 Å². The fourth-order valence-electron chi connectivity index (χ4n) is 3.80. The van der Waals surface area contributed by atoms with Crippen molar-refractivity contribution >= 4 is 39.8 Å². The Morgan fingerprint density at radius 1 is 0.828 bits per heavy atom. The number of imidazole rings is 1. The number of aromatic nitrogens is 4. The molecule has 5 rings (SSSR count). The van der Waals surface area contributed by atoms with E-state index in [1.54, 1.807) is 12.7 Å². The SMILES string of the molecule is Nc1c(N2CCN(c3cccc(Cl)c3)CC2)ncnc1-n1cnc2ccccc21. The molecule has 1 saturated heterocycles. The molecule has 0 spiro atoms. The van der Waals surface area contributed by atoms with Crippen molar-refractivity contribution < 1.29 is 0 Å². The van der Waals surface area contributed by atoms with Crippen LogP contribution in [0.2, 0.25) is 5.02 Å². The summed E-state index contributed by atoms with van der Waals surface area (Å²) in [6.07, 6.45) is 3.32. The summed E-state index contributed by atoms with van der Waals surface area (Å²) in [6, 6.07) is 15.9. The van der Waals surface area contributed by atoms with Gasteiger partial charge in [0.15, 0.2) is 11.6 Å². The third-order valence-electron chi connectivity index (χ3n) is 5.28. The van der Waals surface area contributed by atoms with Crippen LogP contribution in [0.4, 0.5) is 17.2 Å². The van der Waals surface area contributed by atoms with Crippen molar-refractivity contribution in [3.8, 4) is 5.82 Å². The Morgan fingerprint density at radius 3 is 2.41 bits per heavy atom. The van der Waals surface area contributed by atoms with E-state index in [0.717, 1.165) is 53.7 Å². The minimum Gasteiger partial charge on any atom is -0.393 e. The standard InChI is InChI=1S/C21H20ClN7/c22-15-4-3-5-16(12-15)27-8-10-28(11-9-27)20-19(23)21(25-13-24-20)29-14-26-17-6-1-2-7-18(17)29/h1-7,12-14H,8-11,23H2. The first kappa shape index (κ1) is 17.8. The number of fused-ring (bicyclic) bond motifs is 1. The quantitative estimate of drug-likeness (QED) is 0.563. The van der Waals surface area contributed by atoms with Crippen LogP contribution in [0.3, 0.4) is 0 Å². The second-order valence-corrected chi connectivity index (χ2v) is 7.43. The number of rotatable bonds is 3. The Kier molecular flexibility index (Phi) is 4.44. The van der Waals surface area contributed by atoms with E-state index < -0.39 is 0 Å². The van der Waals surface area contributed by atoms with Gasteiger partial charge < -0.3 is 15.5 Å². The topological polar surface area (TPSA) is 76.1 Å². The number of benzene rings is 2. The summed E-state index contributed by atoms with van der Waals surface area (Å²) in [7, 11) is 0. The predicted octanol–water partition coefficient (Wildman–Crippen LogP) is 3.38. The van der Waals surface area contributed by atoms with E-state index in [2.05, 4.69) is 30.8 Å². The third-order valence-corrected chi connectivity index (χ3v) is 5.51. The Morgan fingerprint density at radius 2 is 1.59 bits per heavy atom. The molecule has 3 heterocycles. The lowest BCUT2D eigenvalue weighted by molar-refractivity contribution is 0.647. The van der Waals surface area contributed by atoms with Gasteiger partial charge in [-0.1, -0.05) is 29.8 Å². The lowest BCUT2D eigenvalue weighted by atomic mass is 10.2. The maximum atomic E-state index is 6.52. The van der Waals surface area contributed by atoms with E-state index in [9.17, 15) is 0 Å². The number of nitrogen functional groups attached to an aromatic ring is 1. The first-order chi connectivity index (χ1) is 14.2. The second kappa shape index (κ2) is 7.25. The maximum Gasteiger partial charge on any atom is 0.167 e. The molecule has 0 bridgehead atoms. The van der Waals surface area contributed by atoms with Crippen molar-refractivity contribution in [2.45, 2.75) is 0 Å². The molecular formula is C21H20ClN7. The third kappa shape index (κ3) is 3.23. The summed E-state index contributed by atoms with van der Waals surface area (Å²) < 4.78 is 1.91. The van der Waals surface area contributed by atoms with E-state index in [-0.39, 0.29) is 0 Å². The summed E-state index contributed by atoms with van der Waals surface area (Å²) in [5, 5.41) is 0.752. The summed E-state index contributed by atoms with van der Waals surface area (Å²) in [4.78, 5) is 17.9. The van der Waals surface area contributed by atoms with Gasteiger partial charge in [-0.15, -0.1) is 0 Å². The number of nitrogens with zero attached hydrogens (tertiary/aromatic N) is 6. The minimum absolute atomic E-state index is 0.562. The second-order valence-electron chi connectivity index (χ2n) is 6.99. The average molecular weight is 406 g/mol. The van der Waals surface area contributed by atoms with E-state index in [1.807, 2.05) is 47.0 Å². The molecule has 7 nitrogen and oxygen atoms in total. The van der Waals surface area contributed by atoms with Crippen LogP contribution in [-0.4, -0.2) is 45.7 Å². The van der Waals surface area contributed by atoms with Crippen molar-refractivity contribution in [1.82, 2.24) is 19.5 Å². The van der Waals surface area contributed by atoms with Crippen molar-refractivity contribution in [3.05, 3.63) is 66.2 Å². The molecule has 8 heteroatoms. The van der Waals surface area contributed by atoms with Gasteiger partial charge in [0.25, 0.3) is 0 Å². The van der Waals surface area contributed by atoms with E-state index in [4.69, 9.17) is 17.3 Å². The number of hydrogen-bond donors (Lipinski definition) is 1. The van der Waals surface area contributed by atoms with Crippen molar-refractivity contribution in [1.29, 1.82) is 0 Å². The molecule has 1 fully saturated rings. The van der Waals surface area contributed by atoms with Crippen molar-refractivity contribution in [3.63, 3.8) is 0 Å². The summed E-state index contributed by atoms with van der Waals surface area (Å²) in [5.41, 5.74) is 10.1. The molecule has 0 saturated carbocycles. The van der Waals surface area contributed by atoms with Gasteiger partial charge in [-0.2, -0.15) is 0 Å². The zero-order valence-electron chi connectivity index (χ0n) is 15.7. The fraction of sp³-hybridized carbons (Fsp3) is 0.190. The zero-order valence-corrected chi connectivity index (χ0v) is 16.5. The van der Waals surface area contributed by atoms with Gasteiger partial charge in [-0.25, -0.2) is 15.0 Å². The molecule has 0 aliphatic carbocycles. The van der Waals surface area contributed by atoms with Crippen molar-refractivity contribution in [2.24, 2.45) is 0 Å². The highest BCUT2D eigenvalue weighted by Gasteiger charge is 2.22. The van der Waals surface area contributed by atoms with Gasteiger partial charge in [0.05, 0.1) is 11.0 Å². The minimum atomic E-state index is 0.562. The highest BCUT2D eigenvalue weighted by atomic mass is 35.5. The van der Waals surface area contributed by atoms with Crippen LogP contribution in [0.1, 0.15) is 0 Å². The average Bonchev–Trinajstić information content (AvgIpc) is 3.18. The number of hydrogen-bond acceptors (Lipinski definition) is 6. The molecular weight excluding hydrogens is 386 g/mol. The molecule has 0 unspecified atom stereocenters. The number of anilines is 3. The van der Waals surface area contributed by atoms with Gasteiger partial charge in [-0.3, -0.25) is 4.57 Å². The first-order valence-electron chi connectivity index (χ1n) is 9.49. The first-order valence-corrected chi connectivity index (χ1v) is 9.87. The van der Waals surface area contributed by atoms with Gasteiger partial charge in [0, 0.05) is 36.9 Å². The van der Waals surface area contributed by atoms with Crippen LogP contribution in [-0.2, 0) is 0 Å². The lowest BCUT2D eigenvalue weighted by Gasteiger charge is -2.37. The highest BCUT2D eigenvalue weighted by Crippen LogP contribution is 2.29. The molecule has 2 aromatic carbocycles. The molecule has 1 aliphatic heterocycles. The van der Waals surface area contributed by atoms with Crippen LogP contribution < -0.4 is 15.5 Å². The van der Waals surface area contributed by atoms with E-state index in [0.29, 0.717) is 11.5 Å². The van der Waals surface area contributed by atoms with E-state index >= 15 is 0 Å². The normalized spacial score (nSPS) is 14.5. The van der Waals surface area contributed by atoms with Gasteiger partial charge in [0.2, 0.25) is 0 Å². The molecule has 4 aromatic rings. The van der Waals surface area contributed by atoms with Crippen LogP contribution in [0, 0.1) is 0 Å². The van der Waals surface area contributed by atoms with Crippen molar-refractivity contribution in [2.75, 3.05) is 41.7 Å². The fourth-order valence-corrected chi connectivity index (χ4v) is 3.98. The summed E-state index contributed by atoms with van der Waals surface area (Å²) >= 11 is 6.14. The number of para-hydroxylation sites is 2. The monoisotopic (exact) mass is 405 g/mol. The van der Waals surface area contributed by atoms with Gasteiger partial charge >= 0.3 is 0 Å².